The highest BCUT2D eigenvalue weighted by molar-refractivity contribution is 7.99. The molecule has 1 aromatic carbocycles. The van der Waals surface area contributed by atoms with E-state index in [0.717, 1.165) is 19.2 Å². The Morgan fingerprint density at radius 2 is 2.06 bits per heavy atom. The molecule has 94 valence electrons. The van der Waals surface area contributed by atoms with Crippen LogP contribution in [0.15, 0.2) is 29.2 Å². The van der Waals surface area contributed by atoms with Crippen molar-refractivity contribution in [3.05, 3.63) is 24.3 Å². The summed E-state index contributed by atoms with van der Waals surface area (Å²) >= 11 is 1.89. The average molecular weight is 267 g/mol. The Morgan fingerprint density at radius 1 is 1.29 bits per heavy atom. The third kappa shape index (κ3) is 3.76. The van der Waals surface area contributed by atoms with Crippen molar-refractivity contribution in [3.63, 3.8) is 0 Å². The highest BCUT2D eigenvalue weighted by atomic mass is 32.2. The Balaban J connectivity index is 1.78. The molecule has 1 aliphatic heterocycles. The van der Waals surface area contributed by atoms with Crippen molar-refractivity contribution in [1.29, 1.82) is 0 Å². The number of hydrogen-bond acceptors (Lipinski definition) is 3. The van der Waals surface area contributed by atoms with Gasteiger partial charge in [0.2, 0.25) is 0 Å². The molecule has 0 N–H and O–H groups in total. The minimum Gasteiger partial charge on any atom is -0.361 e. The fraction of sp³-hybridized carbons (Fsp3) is 0.538. The van der Waals surface area contributed by atoms with Gasteiger partial charge in [0.1, 0.15) is 6.73 Å². The first-order chi connectivity index (χ1) is 8.06. The molecular formula is C13H21NOSSi. The molecule has 0 unspecified atom stereocenters. The molecular weight excluding hydrogens is 246 g/mol. The molecule has 1 aromatic rings. The SMILES string of the molecule is C[Si](C)(C)CCOCN1CSc2ccccc21. The summed E-state index contributed by atoms with van der Waals surface area (Å²) < 4.78 is 5.80. The van der Waals surface area contributed by atoms with E-state index in [4.69, 9.17) is 4.74 Å². The molecule has 0 bridgehead atoms. The van der Waals surface area contributed by atoms with Gasteiger partial charge in [0.25, 0.3) is 0 Å². The maximum Gasteiger partial charge on any atom is 0.119 e. The van der Waals surface area contributed by atoms with E-state index in [9.17, 15) is 0 Å². The lowest BCUT2D eigenvalue weighted by atomic mass is 10.3. The van der Waals surface area contributed by atoms with Gasteiger partial charge >= 0.3 is 0 Å². The first kappa shape index (κ1) is 13.0. The Kier molecular flexibility index (Phi) is 4.17. The van der Waals surface area contributed by atoms with Crippen molar-refractivity contribution >= 4 is 25.5 Å². The summed E-state index contributed by atoms with van der Waals surface area (Å²) in [4.78, 5) is 3.69. The van der Waals surface area contributed by atoms with Crippen molar-refractivity contribution < 1.29 is 4.74 Å². The Bertz CT molecular complexity index is 378. The van der Waals surface area contributed by atoms with E-state index in [1.165, 1.54) is 16.6 Å². The van der Waals surface area contributed by atoms with Crippen LogP contribution in [-0.4, -0.2) is 27.3 Å². The maximum atomic E-state index is 5.80. The largest absolute Gasteiger partial charge is 0.361 e. The molecule has 1 aliphatic rings. The summed E-state index contributed by atoms with van der Waals surface area (Å²) in [5, 5.41) is 0. The van der Waals surface area contributed by atoms with Gasteiger partial charge in [-0.05, 0) is 18.2 Å². The lowest BCUT2D eigenvalue weighted by molar-refractivity contribution is 0.149. The number of para-hydroxylation sites is 1. The van der Waals surface area contributed by atoms with Gasteiger partial charge in [0, 0.05) is 19.6 Å². The van der Waals surface area contributed by atoms with Gasteiger partial charge in [-0.15, -0.1) is 11.8 Å². The molecule has 0 fully saturated rings. The summed E-state index contributed by atoms with van der Waals surface area (Å²) in [6.45, 7) is 8.79. The van der Waals surface area contributed by atoms with Crippen LogP contribution >= 0.6 is 11.8 Å². The third-order valence-electron chi connectivity index (χ3n) is 2.83. The molecule has 1 heterocycles. The van der Waals surface area contributed by atoms with Gasteiger partial charge in [0.05, 0.1) is 11.6 Å². The van der Waals surface area contributed by atoms with Crippen LogP contribution in [0.25, 0.3) is 0 Å². The Hall–Kier alpha value is -0.453. The first-order valence-electron chi connectivity index (χ1n) is 6.11. The maximum absolute atomic E-state index is 5.80. The predicted molar refractivity (Wildman–Crippen MR) is 78.6 cm³/mol. The second-order valence-corrected chi connectivity index (χ2v) is 12.2. The number of anilines is 1. The molecule has 0 saturated heterocycles. The van der Waals surface area contributed by atoms with Gasteiger partial charge in [-0.25, -0.2) is 0 Å². The highest BCUT2D eigenvalue weighted by Crippen LogP contribution is 2.37. The van der Waals surface area contributed by atoms with Crippen LogP contribution in [0.4, 0.5) is 5.69 Å². The first-order valence-corrected chi connectivity index (χ1v) is 10.8. The number of nitrogens with zero attached hydrogens (tertiary/aromatic N) is 1. The minimum absolute atomic E-state index is 0.731. The second-order valence-electron chi connectivity index (χ2n) is 5.63. The molecule has 2 nitrogen and oxygen atoms in total. The van der Waals surface area contributed by atoms with E-state index in [-0.39, 0.29) is 0 Å². The van der Waals surface area contributed by atoms with Gasteiger partial charge in [-0.3, -0.25) is 0 Å². The van der Waals surface area contributed by atoms with Crippen LogP contribution in [0.3, 0.4) is 0 Å². The molecule has 0 aliphatic carbocycles. The fourth-order valence-electron chi connectivity index (χ4n) is 1.72. The zero-order valence-electron chi connectivity index (χ0n) is 10.9. The molecule has 2 rings (SSSR count). The van der Waals surface area contributed by atoms with E-state index >= 15 is 0 Å². The molecule has 0 spiro atoms. The number of fused-ring (bicyclic) bond motifs is 1. The number of benzene rings is 1. The van der Waals surface area contributed by atoms with Gasteiger partial charge in [0.15, 0.2) is 0 Å². The molecule has 0 atom stereocenters. The molecule has 17 heavy (non-hydrogen) atoms. The van der Waals surface area contributed by atoms with Crippen molar-refractivity contribution in [3.8, 4) is 0 Å². The highest BCUT2D eigenvalue weighted by Gasteiger charge is 2.19. The number of thioether (sulfide) groups is 1. The van der Waals surface area contributed by atoms with Gasteiger partial charge < -0.3 is 9.64 Å². The van der Waals surface area contributed by atoms with E-state index in [1.54, 1.807) is 0 Å². The monoisotopic (exact) mass is 267 g/mol. The van der Waals surface area contributed by atoms with Crippen LogP contribution < -0.4 is 4.90 Å². The summed E-state index contributed by atoms with van der Waals surface area (Å²) in [5.41, 5.74) is 1.32. The molecule has 0 radical (unpaired) electrons. The lowest BCUT2D eigenvalue weighted by Crippen LogP contribution is -2.26. The van der Waals surface area contributed by atoms with Crippen LogP contribution in [0.5, 0.6) is 0 Å². The quantitative estimate of drug-likeness (QED) is 0.593. The molecule has 0 saturated carbocycles. The standard InChI is InChI=1S/C13H21NOSSi/c1-17(2,3)9-8-15-10-14-11-16-13-7-5-4-6-12(13)14/h4-7H,8-11H2,1-3H3. The summed E-state index contributed by atoms with van der Waals surface area (Å²) in [5.74, 6) is 1.02. The molecule has 0 aromatic heterocycles. The Morgan fingerprint density at radius 3 is 2.82 bits per heavy atom. The normalized spacial score (nSPS) is 15.1. The summed E-state index contributed by atoms with van der Waals surface area (Å²) in [6.07, 6.45) is 0. The minimum atomic E-state index is -0.954. The average Bonchev–Trinajstić information content (AvgIpc) is 2.67. The molecule has 0 amide bonds. The summed E-state index contributed by atoms with van der Waals surface area (Å²) in [6, 6.07) is 9.80. The second kappa shape index (κ2) is 5.46. The number of ether oxygens (including phenoxy) is 1. The molecule has 4 heteroatoms. The zero-order chi connectivity index (χ0) is 12.3. The van der Waals surface area contributed by atoms with Crippen molar-refractivity contribution in [2.45, 2.75) is 30.6 Å². The number of hydrogen-bond donors (Lipinski definition) is 0. The van der Waals surface area contributed by atoms with E-state index in [0.29, 0.717) is 0 Å². The number of rotatable bonds is 5. The van der Waals surface area contributed by atoms with Gasteiger partial charge in [-0.1, -0.05) is 31.8 Å². The van der Waals surface area contributed by atoms with Crippen LogP contribution in [0.1, 0.15) is 0 Å². The van der Waals surface area contributed by atoms with Crippen LogP contribution in [0, 0.1) is 0 Å². The van der Waals surface area contributed by atoms with Crippen molar-refractivity contribution in [2.24, 2.45) is 0 Å². The van der Waals surface area contributed by atoms with Crippen LogP contribution in [0.2, 0.25) is 25.7 Å². The van der Waals surface area contributed by atoms with E-state index in [1.807, 2.05) is 11.8 Å². The fourth-order valence-corrected chi connectivity index (χ4v) is 3.50. The third-order valence-corrected chi connectivity index (χ3v) is 5.63. The van der Waals surface area contributed by atoms with Crippen molar-refractivity contribution in [2.75, 3.05) is 24.1 Å². The van der Waals surface area contributed by atoms with Crippen molar-refractivity contribution in [1.82, 2.24) is 0 Å². The van der Waals surface area contributed by atoms with E-state index in [2.05, 4.69) is 48.8 Å². The predicted octanol–water partition coefficient (Wildman–Crippen LogP) is 3.87. The van der Waals surface area contributed by atoms with E-state index < -0.39 is 8.07 Å². The smallest absolute Gasteiger partial charge is 0.119 e. The zero-order valence-corrected chi connectivity index (χ0v) is 12.7. The lowest BCUT2D eigenvalue weighted by Gasteiger charge is -2.20. The summed E-state index contributed by atoms with van der Waals surface area (Å²) in [7, 11) is -0.954. The topological polar surface area (TPSA) is 12.5 Å². The van der Waals surface area contributed by atoms with Crippen LogP contribution in [-0.2, 0) is 4.74 Å². The van der Waals surface area contributed by atoms with Gasteiger partial charge in [-0.2, -0.15) is 0 Å². The Labute approximate surface area is 109 Å².